The highest BCUT2D eigenvalue weighted by Gasteiger charge is 2.53. The number of nitrogens with one attached hydrogen (secondary N) is 1. The molecular formula is C80H95Cl4N9O9. The fraction of sp³-hybridized carbons (Fsp3) is 0.388. The van der Waals surface area contributed by atoms with Gasteiger partial charge < -0.3 is 50.1 Å². The number of halogens is 4. The van der Waals surface area contributed by atoms with E-state index >= 15 is 0 Å². The van der Waals surface area contributed by atoms with Crippen molar-refractivity contribution in [3.05, 3.63) is 231 Å². The van der Waals surface area contributed by atoms with Crippen molar-refractivity contribution < 1.29 is 43.7 Å². The number of aliphatic hydroxyl groups excluding tert-OH is 2. The number of ether oxygens (including phenoxy) is 1. The first-order chi connectivity index (χ1) is 48.1. The zero-order valence-electron chi connectivity index (χ0n) is 59.4. The van der Waals surface area contributed by atoms with Crippen molar-refractivity contribution in [2.45, 2.75) is 122 Å². The van der Waals surface area contributed by atoms with Crippen molar-refractivity contribution in [1.29, 1.82) is 0 Å². The van der Waals surface area contributed by atoms with Gasteiger partial charge >= 0.3 is 0 Å². The highest BCUT2D eigenvalue weighted by molar-refractivity contribution is 6.31. The van der Waals surface area contributed by atoms with Crippen molar-refractivity contribution in [1.82, 2.24) is 20.0 Å². The maximum atomic E-state index is 14.3. The third-order valence-electron chi connectivity index (χ3n) is 19.7. The van der Waals surface area contributed by atoms with Crippen molar-refractivity contribution >= 4 is 105 Å². The second kappa shape index (κ2) is 35.0. The fourth-order valence-electron chi connectivity index (χ4n) is 13.2. The summed E-state index contributed by atoms with van der Waals surface area (Å²) in [5.41, 5.74) is 9.43. The molecule has 0 spiro atoms. The summed E-state index contributed by atoms with van der Waals surface area (Å²) in [5, 5.41) is 25.2. The molecule has 4 saturated heterocycles. The molecule has 542 valence electrons. The summed E-state index contributed by atoms with van der Waals surface area (Å²) in [4.78, 5) is 96.1. The highest BCUT2D eigenvalue weighted by atomic mass is 35.5. The van der Waals surface area contributed by atoms with Gasteiger partial charge in [0, 0.05) is 111 Å². The highest BCUT2D eigenvalue weighted by Crippen LogP contribution is 2.42. The number of carbonyl (C=O) groups excluding carboxylic acids is 6. The second-order valence-electron chi connectivity index (χ2n) is 28.3. The van der Waals surface area contributed by atoms with Crippen LogP contribution in [0.3, 0.4) is 0 Å². The molecule has 4 aliphatic heterocycles. The summed E-state index contributed by atoms with van der Waals surface area (Å²) >= 11 is 17.9. The van der Waals surface area contributed by atoms with Gasteiger partial charge in [-0.05, 0) is 111 Å². The van der Waals surface area contributed by atoms with Crippen LogP contribution in [0.4, 0.5) is 17.1 Å². The molecule has 11 rings (SSSR count). The van der Waals surface area contributed by atoms with Gasteiger partial charge in [-0.15, -0.1) is 12.4 Å². The van der Waals surface area contributed by atoms with E-state index in [4.69, 9.17) is 50.3 Å². The number of benzene rings is 7. The Hall–Kier alpha value is -8.01. The summed E-state index contributed by atoms with van der Waals surface area (Å²) < 4.78 is 6.61. The average molecular weight is 1470 g/mol. The van der Waals surface area contributed by atoms with Crippen molar-refractivity contribution in [3.63, 3.8) is 0 Å². The van der Waals surface area contributed by atoms with Gasteiger partial charge in [-0.25, -0.2) is 0 Å². The molecule has 7 aromatic carbocycles. The lowest BCUT2D eigenvalue weighted by atomic mass is 9.79. The Bertz CT molecular complexity index is 3910. The predicted molar refractivity (Wildman–Crippen MR) is 408 cm³/mol. The van der Waals surface area contributed by atoms with Gasteiger partial charge in [0.15, 0.2) is 5.72 Å². The lowest BCUT2D eigenvalue weighted by Crippen LogP contribution is -2.67. The minimum atomic E-state index is -0.988. The van der Waals surface area contributed by atoms with Gasteiger partial charge in [0.1, 0.15) is 24.2 Å². The van der Waals surface area contributed by atoms with E-state index in [1.54, 1.807) is 120 Å². The SMILES string of the molecule is CN(C(=O)[C@@H]1CCCN1C(=O)[C@@H](N)C(C)(C)CO)c1ccc(Cl)cc1.CN(C(=O)[C@@H]1CCCN1C(=O)[C@@H](N=C(c1ccccc1)c1ccccc1)C(C)(C)CO)c1ccc(Cl)cc1.CN(C(=O)[C@@H]1CCCN1C(=O)[C@H]1NC(c2ccccc2)(c2ccccc2)OCC1(C)C)c1ccc(Cl)cc1.Cl. The van der Waals surface area contributed by atoms with Gasteiger partial charge in [0.25, 0.3) is 0 Å². The topological polar surface area (TPSA) is 222 Å². The number of amides is 6. The van der Waals surface area contributed by atoms with Gasteiger partial charge in [-0.2, -0.15) is 0 Å². The van der Waals surface area contributed by atoms with Crippen LogP contribution in [-0.2, 0) is 39.2 Å². The summed E-state index contributed by atoms with van der Waals surface area (Å²) in [6.07, 6.45) is 4.06. The first-order valence-corrected chi connectivity index (χ1v) is 35.5. The van der Waals surface area contributed by atoms with Crippen LogP contribution in [0.5, 0.6) is 0 Å². The normalized spacial score (nSPS) is 18.9. The number of anilines is 3. The van der Waals surface area contributed by atoms with E-state index in [9.17, 15) is 39.0 Å². The lowest BCUT2D eigenvalue weighted by molar-refractivity contribution is -0.166. The molecule has 6 atom stereocenters. The number of hydrogen-bond acceptors (Lipinski definition) is 12. The van der Waals surface area contributed by atoms with Gasteiger partial charge in [-0.3, -0.25) is 39.1 Å². The van der Waals surface area contributed by atoms with E-state index in [2.05, 4.69) is 5.32 Å². The molecule has 4 heterocycles. The number of likely N-dealkylation sites (N-methyl/N-ethyl adjacent to an activating group) is 3. The minimum absolute atomic E-state index is 0. The van der Waals surface area contributed by atoms with Crippen LogP contribution in [-0.4, -0.2) is 163 Å². The van der Waals surface area contributed by atoms with Crippen molar-refractivity contribution in [3.8, 4) is 0 Å². The van der Waals surface area contributed by atoms with Crippen LogP contribution in [0.25, 0.3) is 0 Å². The maximum Gasteiger partial charge on any atom is 0.249 e. The molecule has 5 N–H and O–H groups in total. The van der Waals surface area contributed by atoms with Gasteiger partial charge in [0.2, 0.25) is 35.4 Å². The summed E-state index contributed by atoms with van der Waals surface area (Å²) in [6, 6.07) is 56.6. The Balaban J connectivity index is 0.000000198. The summed E-state index contributed by atoms with van der Waals surface area (Å²) in [6.45, 7) is 12.7. The first-order valence-electron chi connectivity index (χ1n) is 34.3. The zero-order valence-corrected chi connectivity index (χ0v) is 62.5. The fourth-order valence-corrected chi connectivity index (χ4v) is 13.6. The quantitative estimate of drug-likeness (QED) is 0.0592. The molecule has 0 radical (unpaired) electrons. The molecule has 7 aromatic rings. The van der Waals surface area contributed by atoms with E-state index in [0.717, 1.165) is 47.2 Å². The van der Waals surface area contributed by atoms with Crippen LogP contribution in [0.2, 0.25) is 15.1 Å². The van der Waals surface area contributed by atoms with E-state index < -0.39 is 58.2 Å². The summed E-state index contributed by atoms with van der Waals surface area (Å²) in [5.74, 6) is -1.03. The molecule has 0 bridgehead atoms. The second-order valence-corrected chi connectivity index (χ2v) is 29.7. The maximum absolute atomic E-state index is 14.3. The Morgan fingerprint density at radius 3 is 1.23 bits per heavy atom. The molecule has 4 aliphatic rings. The molecular weight excluding hydrogens is 1370 g/mol. The van der Waals surface area contributed by atoms with E-state index in [1.165, 1.54) is 4.90 Å². The Morgan fingerprint density at radius 1 is 0.529 bits per heavy atom. The number of nitrogens with two attached hydrogens (primary N) is 1. The number of aliphatic hydroxyl groups is 2. The number of rotatable bonds is 18. The predicted octanol–water partition coefficient (Wildman–Crippen LogP) is 12.5. The average Bonchev–Trinajstić information content (AvgIpc) is 0.894. The van der Waals surface area contributed by atoms with Crippen LogP contribution in [0, 0.1) is 16.2 Å². The minimum Gasteiger partial charge on any atom is -0.396 e. The number of likely N-dealkylation sites (tertiary alicyclic amines) is 3. The largest absolute Gasteiger partial charge is 0.396 e. The lowest BCUT2D eigenvalue weighted by Gasteiger charge is -2.50. The van der Waals surface area contributed by atoms with E-state index in [1.807, 2.05) is 161 Å². The molecule has 22 heteroatoms. The molecule has 18 nitrogen and oxygen atoms in total. The third kappa shape index (κ3) is 18.3. The smallest absolute Gasteiger partial charge is 0.249 e. The molecule has 0 unspecified atom stereocenters. The third-order valence-corrected chi connectivity index (χ3v) is 20.5. The molecule has 0 aliphatic carbocycles. The van der Waals surface area contributed by atoms with Crippen molar-refractivity contribution in [2.75, 3.05) is 75.3 Å². The first kappa shape index (κ1) is 79.7. The van der Waals surface area contributed by atoms with Crippen LogP contribution < -0.4 is 25.8 Å². The van der Waals surface area contributed by atoms with Crippen LogP contribution >= 0.6 is 47.2 Å². The van der Waals surface area contributed by atoms with Gasteiger partial charge in [-0.1, -0.05) is 198 Å². The number of carbonyl (C=O) groups is 6. The number of aliphatic imine (C=N–C) groups is 1. The Morgan fingerprint density at radius 2 is 0.863 bits per heavy atom. The van der Waals surface area contributed by atoms with Crippen LogP contribution in [0.15, 0.2) is 199 Å². The number of hydrogen-bond donors (Lipinski definition) is 4. The molecule has 0 aromatic heterocycles. The monoisotopic (exact) mass is 1470 g/mol. The Kier molecular flexibility index (Phi) is 27.3. The van der Waals surface area contributed by atoms with E-state index in [0.29, 0.717) is 77.7 Å². The molecule has 102 heavy (non-hydrogen) atoms. The van der Waals surface area contributed by atoms with Crippen LogP contribution in [0.1, 0.15) is 102 Å². The number of nitrogens with zero attached hydrogens (tertiary/aromatic N) is 7. The Labute approximate surface area is 621 Å². The van der Waals surface area contributed by atoms with E-state index in [-0.39, 0.29) is 61.1 Å². The van der Waals surface area contributed by atoms with Crippen molar-refractivity contribution in [2.24, 2.45) is 27.0 Å². The molecule has 6 amide bonds. The molecule has 4 fully saturated rings. The molecule has 0 saturated carbocycles. The van der Waals surface area contributed by atoms with Gasteiger partial charge in [0.05, 0.1) is 37.6 Å². The summed E-state index contributed by atoms with van der Waals surface area (Å²) in [7, 11) is 5.14. The zero-order chi connectivity index (χ0) is 73.0. The standard InChI is InChI=1S/2C31H34ClN3O3.C18H26ClN3O3.ClH/c1-30(2)21-38-31(22-11-6-4-7-12-22,23-13-8-5-9-14-23)33-27(30)29(37)35-20-10-15-26(35)28(36)34(3)25-18-16-24(32)17-19-25;1-31(2,21-36)28(33-27(22-11-6-4-7-12-22)23-13-8-5-9-14-23)30(38)35-20-10-15-26(35)29(37)34(3)25-18-16-24(32)17-19-25;1-18(2,11-23)15(20)17(25)22-10-4-5-14(22)16(24)21(3)13-8-6-12(19)7-9-13;/h4-9,11-14,16-19,26-27,33H,10,15,20-21H2,1-3H3;4-9,11-14,16-19,26,28,36H,10,15,20-21H2,1-3H3;6-9,14-15,23H,4-5,10-11,20H2,1-3H3;1H/t26-,27+;26-,28+;14-,15+;/m000./s1.